The van der Waals surface area contributed by atoms with E-state index in [1.54, 1.807) is 0 Å². The Hall–Kier alpha value is -3.55. The van der Waals surface area contributed by atoms with Gasteiger partial charge in [-0.25, -0.2) is 9.97 Å². The maximum atomic E-state index is 13.6. The molecule has 1 saturated carbocycles. The van der Waals surface area contributed by atoms with E-state index in [4.69, 9.17) is 17.3 Å². The summed E-state index contributed by atoms with van der Waals surface area (Å²) in [5.74, 6) is -6.49. The highest BCUT2D eigenvalue weighted by Gasteiger charge is 2.57. The number of benzene rings is 1. The number of hydrogen-bond donors (Lipinski definition) is 3. The summed E-state index contributed by atoms with van der Waals surface area (Å²) in [5, 5.41) is 9.97. The summed E-state index contributed by atoms with van der Waals surface area (Å²) in [7, 11) is 0. The number of alkyl halides is 5. The van der Waals surface area contributed by atoms with Gasteiger partial charge in [0.1, 0.15) is 17.3 Å². The molecule has 37 heavy (non-hydrogen) atoms. The maximum absolute atomic E-state index is 13.6. The van der Waals surface area contributed by atoms with Crippen LogP contribution in [0.5, 0.6) is 0 Å². The van der Waals surface area contributed by atoms with E-state index in [0.29, 0.717) is 5.39 Å². The minimum Gasteiger partial charge on any atom is -0.383 e. The lowest BCUT2D eigenvalue weighted by Crippen LogP contribution is -2.48. The molecule has 15 heteroatoms. The van der Waals surface area contributed by atoms with Gasteiger partial charge in [-0.15, -0.1) is 0 Å². The smallest absolute Gasteiger partial charge is 0.383 e. The first-order valence-electron chi connectivity index (χ1n) is 11.1. The molecule has 0 spiro atoms. The van der Waals surface area contributed by atoms with Gasteiger partial charge in [0.15, 0.2) is 11.2 Å². The van der Waals surface area contributed by atoms with Crippen LogP contribution in [0.3, 0.4) is 0 Å². The largest absolute Gasteiger partial charge is 0.453 e. The molecule has 1 aromatic carbocycles. The van der Waals surface area contributed by atoms with Crippen molar-refractivity contribution in [3.8, 4) is 11.5 Å². The summed E-state index contributed by atoms with van der Waals surface area (Å²) in [5.41, 5.74) is 4.75. The van der Waals surface area contributed by atoms with E-state index in [0.717, 1.165) is 17.5 Å². The Bertz CT molecular complexity index is 1450. The van der Waals surface area contributed by atoms with Crippen LogP contribution >= 0.6 is 11.6 Å². The number of rotatable bonds is 6. The van der Waals surface area contributed by atoms with Gasteiger partial charge in [0.25, 0.3) is 0 Å². The molecule has 1 atom stereocenters. The van der Waals surface area contributed by atoms with Gasteiger partial charge in [-0.3, -0.25) is 14.3 Å². The molecule has 1 aliphatic carbocycles. The highest BCUT2D eigenvalue weighted by molar-refractivity contribution is 6.31. The summed E-state index contributed by atoms with van der Waals surface area (Å²) in [6.07, 6.45) is -5.67. The van der Waals surface area contributed by atoms with Gasteiger partial charge in [0, 0.05) is 29.4 Å². The summed E-state index contributed by atoms with van der Waals surface area (Å²) < 4.78 is 66.2. The fraction of sp³-hybridized carbons (Fsp3) is 0.409. The second-order valence-corrected chi connectivity index (χ2v) is 9.60. The number of halogens is 6. The van der Waals surface area contributed by atoms with E-state index in [9.17, 15) is 31.5 Å². The highest BCUT2D eigenvalue weighted by Crippen LogP contribution is 2.43. The third-order valence-electron chi connectivity index (χ3n) is 6.47. The number of fused-ring (bicyclic) bond motifs is 2. The second-order valence-electron chi connectivity index (χ2n) is 9.17. The molecule has 1 aliphatic heterocycles. The third kappa shape index (κ3) is 4.12. The van der Waals surface area contributed by atoms with Gasteiger partial charge in [-0.05, 0) is 38.0 Å². The lowest BCUT2D eigenvalue weighted by atomic mass is 9.83. The van der Waals surface area contributed by atoms with Crippen LogP contribution in [0, 0.1) is 0 Å². The fourth-order valence-electron chi connectivity index (χ4n) is 4.16. The van der Waals surface area contributed by atoms with E-state index in [1.165, 1.54) is 25.1 Å². The molecule has 3 heterocycles. The zero-order valence-corrected chi connectivity index (χ0v) is 19.8. The lowest BCUT2D eigenvalue weighted by molar-refractivity contribution is -0.285. The number of nitrogens with one attached hydrogen (secondary N) is 2. The molecule has 196 valence electrons. The number of carbonyl (C=O) groups is 2. The highest BCUT2D eigenvalue weighted by atomic mass is 35.5. The number of nitrogen functional groups attached to an aromatic ring is 1. The predicted molar refractivity (Wildman–Crippen MR) is 123 cm³/mol. The number of nitrogens with zero attached hydrogens (tertiary/aromatic N) is 4. The van der Waals surface area contributed by atoms with Gasteiger partial charge in [-0.1, -0.05) is 11.6 Å². The number of amides is 2. The van der Waals surface area contributed by atoms with Crippen LogP contribution < -0.4 is 16.4 Å². The number of hydrogen-bond acceptors (Lipinski definition) is 6. The van der Waals surface area contributed by atoms with Crippen LogP contribution in [0.1, 0.15) is 31.7 Å². The van der Waals surface area contributed by atoms with Gasteiger partial charge in [-0.2, -0.15) is 27.1 Å². The number of carbonyl (C=O) groups excluding carboxylic acids is 2. The molecule has 0 radical (unpaired) electrons. The van der Waals surface area contributed by atoms with Crippen molar-refractivity contribution in [2.24, 2.45) is 0 Å². The monoisotopic (exact) mass is 543 g/mol. The SMILES string of the molecule is CC1(C(=O)NC2CC2)C(=O)Nc2nc(-c3nn(CCC(F)(F)C(F)(F)F)c4cc(Cl)ccc34)nc(N)c21. The number of aryl methyl sites for hydroxylation is 1. The quantitative estimate of drug-likeness (QED) is 0.320. The molecule has 2 aromatic heterocycles. The average Bonchev–Trinajstić information content (AvgIpc) is 3.48. The van der Waals surface area contributed by atoms with Gasteiger partial charge < -0.3 is 16.4 Å². The van der Waals surface area contributed by atoms with Crippen molar-refractivity contribution in [1.29, 1.82) is 0 Å². The second kappa shape index (κ2) is 8.23. The zero-order valence-electron chi connectivity index (χ0n) is 19.1. The first kappa shape index (κ1) is 25.1. The van der Waals surface area contributed by atoms with Gasteiger partial charge in [0.05, 0.1) is 11.1 Å². The first-order valence-corrected chi connectivity index (χ1v) is 11.5. The van der Waals surface area contributed by atoms with Crippen molar-refractivity contribution in [2.75, 3.05) is 11.1 Å². The third-order valence-corrected chi connectivity index (χ3v) is 6.70. The van der Waals surface area contributed by atoms with Crippen molar-refractivity contribution >= 4 is 46.0 Å². The summed E-state index contributed by atoms with van der Waals surface area (Å²) >= 11 is 6.02. The Kier molecular flexibility index (Phi) is 5.59. The molecule has 3 aromatic rings. The van der Waals surface area contributed by atoms with E-state index in [2.05, 4.69) is 25.7 Å². The number of nitrogens with two attached hydrogens (primary N) is 1. The lowest BCUT2D eigenvalue weighted by Gasteiger charge is -2.21. The Balaban J connectivity index is 1.56. The number of aromatic nitrogens is 4. The average molecular weight is 544 g/mol. The fourth-order valence-corrected chi connectivity index (χ4v) is 4.32. The van der Waals surface area contributed by atoms with Crippen molar-refractivity contribution in [3.63, 3.8) is 0 Å². The minimum atomic E-state index is -5.72. The summed E-state index contributed by atoms with van der Waals surface area (Å²) in [4.78, 5) is 34.2. The van der Waals surface area contributed by atoms with Crippen molar-refractivity contribution < 1.29 is 31.5 Å². The van der Waals surface area contributed by atoms with Crippen LogP contribution in [-0.4, -0.2) is 49.7 Å². The van der Waals surface area contributed by atoms with Crippen molar-refractivity contribution in [2.45, 2.75) is 56.3 Å². The van der Waals surface area contributed by atoms with Gasteiger partial charge in [0.2, 0.25) is 11.8 Å². The van der Waals surface area contributed by atoms with Crippen LogP contribution in [0.25, 0.3) is 22.4 Å². The standard InChI is InChI=1S/C22H19ClF5N7O2/c1-20(18(36)30-10-3-4-10)13-15(29)31-17(32-16(13)33-19(20)37)14-11-5-2-9(23)8-12(11)35(34-14)7-6-21(24,25)22(26,27)28/h2,5,8,10H,3-4,6-7H2,1H3,(H,30,36)(H3,29,31,32,33,37). The maximum Gasteiger partial charge on any atom is 0.453 e. The Labute approximate surface area is 210 Å². The molecular formula is C22H19ClF5N7O2. The van der Waals surface area contributed by atoms with Crippen LogP contribution in [-0.2, 0) is 21.5 Å². The van der Waals surface area contributed by atoms with E-state index in [-0.39, 0.29) is 45.3 Å². The molecule has 9 nitrogen and oxygen atoms in total. The summed E-state index contributed by atoms with van der Waals surface area (Å²) in [6, 6.07) is 4.30. The van der Waals surface area contributed by atoms with Gasteiger partial charge >= 0.3 is 12.1 Å². The molecule has 1 unspecified atom stereocenters. The van der Waals surface area contributed by atoms with Crippen LogP contribution in [0.4, 0.5) is 33.6 Å². The van der Waals surface area contributed by atoms with E-state index >= 15 is 0 Å². The topological polar surface area (TPSA) is 128 Å². The molecule has 4 N–H and O–H groups in total. The molecule has 0 saturated heterocycles. The van der Waals surface area contributed by atoms with E-state index < -0.39 is 42.3 Å². The first-order chi connectivity index (χ1) is 17.2. The molecular weight excluding hydrogens is 525 g/mol. The number of anilines is 2. The van der Waals surface area contributed by atoms with Crippen molar-refractivity contribution in [1.82, 2.24) is 25.1 Å². The molecule has 2 aliphatic rings. The Morgan fingerprint density at radius 2 is 1.97 bits per heavy atom. The Morgan fingerprint density at radius 1 is 1.27 bits per heavy atom. The normalized spacial score (nSPS) is 19.7. The molecule has 5 rings (SSSR count). The minimum absolute atomic E-state index is 0.0155. The predicted octanol–water partition coefficient (Wildman–Crippen LogP) is 3.81. The zero-order chi connectivity index (χ0) is 26.9. The Morgan fingerprint density at radius 3 is 2.62 bits per heavy atom. The molecule has 0 bridgehead atoms. The molecule has 2 amide bonds. The van der Waals surface area contributed by atoms with Crippen LogP contribution in [0.15, 0.2) is 18.2 Å². The van der Waals surface area contributed by atoms with E-state index in [1.807, 2.05) is 0 Å². The molecule has 1 fully saturated rings. The summed E-state index contributed by atoms with van der Waals surface area (Å²) in [6.45, 7) is 0.609. The van der Waals surface area contributed by atoms with Crippen molar-refractivity contribution in [3.05, 3.63) is 28.8 Å². The van der Waals surface area contributed by atoms with Crippen LogP contribution in [0.2, 0.25) is 5.02 Å².